The summed E-state index contributed by atoms with van der Waals surface area (Å²) in [4.78, 5) is 0. The summed E-state index contributed by atoms with van der Waals surface area (Å²) in [6.07, 6.45) is 4.97. The van der Waals surface area contributed by atoms with Gasteiger partial charge in [-0.2, -0.15) is 0 Å². The molecule has 1 aromatic carbocycles. The van der Waals surface area contributed by atoms with Gasteiger partial charge in [-0.25, -0.2) is 0 Å². The number of hydrogen-bond donors (Lipinski definition) is 1. The smallest absolute Gasteiger partial charge is 0.00431 e. The third kappa shape index (κ3) is 2.30. The third-order valence-electron chi connectivity index (χ3n) is 3.80. The molecular formula is C15H23N. The summed E-state index contributed by atoms with van der Waals surface area (Å²) < 4.78 is 0. The maximum Gasteiger partial charge on any atom is -0.00431 e. The zero-order valence-corrected chi connectivity index (χ0v) is 10.6. The van der Waals surface area contributed by atoms with Crippen molar-refractivity contribution in [2.24, 2.45) is 0 Å². The molecular weight excluding hydrogens is 194 g/mol. The lowest BCUT2D eigenvalue weighted by molar-refractivity contribution is 0.456. The zero-order valence-electron chi connectivity index (χ0n) is 10.6. The minimum absolute atomic E-state index is 0.798. The molecule has 0 saturated carbocycles. The first-order chi connectivity index (χ1) is 7.86. The van der Waals surface area contributed by atoms with Gasteiger partial charge in [0.25, 0.3) is 0 Å². The maximum atomic E-state index is 3.46. The SMILES string of the molecule is CCc1cccc(CC)c1C1CCNCC1. The van der Waals surface area contributed by atoms with Gasteiger partial charge in [-0.3, -0.25) is 0 Å². The largest absolute Gasteiger partial charge is 0.317 e. The highest BCUT2D eigenvalue weighted by molar-refractivity contribution is 5.38. The molecule has 1 heterocycles. The molecule has 2 rings (SSSR count). The van der Waals surface area contributed by atoms with Crippen LogP contribution in [0.2, 0.25) is 0 Å². The van der Waals surface area contributed by atoms with Crippen molar-refractivity contribution in [3.8, 4) is 0 Å². The molecule has 1 aromatic rings. The van der Waals surface area contributed by atoms with Crippen LogP contribution in [0.15, 0.2) is 18.2 Å². The van der Waals surface area contributed by atoms with Gasteiger partial charge < -0.3 is 5.32 Å². The number of benzene rings is 1. The van der Waals surface area contributed by atoms with Gasteiger partial charge in [0.05, 0.1) is 0 Å². The van der Waals surface area contributed by atoms with Gasteiger partial charge in [-0.1, -0.05) is 32.0 Å². The number of rotatable bonds is 3. The van der Waals surface area contributed by atoms with Gasteiger partial charge in [0.1, 0.15) is 0 Å². The van der Waals surface area contributed by atoms with E-state index < -0.39 is 0 Å². The predicted molar refractivity (Wildman–Crippen MR) is 70.0 cm³/mol. The van der Waals surface area contributed by atoms with Crippen LogP contribution < -0.4 is 5.32 Å². The van der Waals surface area contributed by atoms with Crippen molar-refractivity contribution in [3.63, 3.8) is 0 Å². The minimum Gasteiger partial charge on any atom is -0.317 e. The Morgan fingerprint density at radius 3 is 2.12 bits per heavy atom. The van der Waals surface area contributed by atoms with Crippen molar-refractivity contribution < 1.29 is 0 Å². The quantitative estimate of drug-likeness (QED) is 0.819. The average Bonchev–Trinajstić information content (AvgIpc) is 2.38. The summed E-state index contributed by atoms with van der Waals surface area (Å²) in [6, 6.07) is 6.86. The first kappa shape index (κ1) is 11.7. The van der Waals surface area contributed by atoms with E-state index >= 15 is 0 Å². The first-order valence-corrected chi connectivity index (χ1v) is 6.68. The van der Waals surface area contributed by atoms with E-state index in [4.69, 9.17) is 0 Å². The Morgan fingerprint density at radius 1 is 1.06 bits per heavy atom. The summed E-state index contributed by atoms with van der Waals surface area (Å²) in [5.74, 6) is 0.798. The van der Waals surface area contributed by atoms with Crippen LogP contribution in [0, 0.1) is 0 Å². The van der Waals surface area contributed by atoms with Gasteiger partial charge in [0.15, 0.2) is 0 Å². The Balaban J connectivity index is 2.34. The molecule has 1 nitrogen and oxygen atoms in total. The molecule has 0 atom stereocenters. The van der Waals surface area contributed by atoms with Crippen molar-refractivity contribution in [1.29, 1.82) is 0 Å². The fraction of sp³-hybridized carbons (Fsp3) is 0.600. The Kier molecular flexibility index (Phi) is 4.00. The first-order valence-electron chi connectivity index (χ1n) is 6.68. The van der Waals surface area contributed by atoms with Crippen molar-refractivity contribution in [1.82, 2.24) is 5.32 Å². The topological polar surface area (TPSA) is 12.0 Å². The summed E-state index contributed by atoms with van der Waals surface area (Å²) >= 11 is 0. The van der Waals surface area contributed by atoms with Gasteiger partial charge >= 0.3 is 0 Å². The summed E-state index contributed by atoms with van der Waals surface area (Å²) in [7, 11) is 0. The van der Waals surface area contributed by atoms with E-state index in [1.807, 2.05) is 0 Å². The van der Waals surface area contributed by atoms with Gasteiger partial charge in [-0.15, -0.1) is 0 Å². The Morgan fingerprint density at radius 2 is 1.62 bits per heavy atom. The lowest BCUT2D eigenvalue weighted by Gasteiger charge is -2.27. The third-order valence-corrected chi connectivity index (χ3v) is 3.80. The van der Waals surface area contributed by atoms with E-state index in [-0.39, 0.29) is 0 Å². The normalized spacial score (nSPS) is 17.6. The van der Waals surface area contributed by atoms with Crippen LogP contribution in [0.5, 0.6) is 0 Å². The molecule has 1 fully saturated rings. The Bertz CT molecular complexity index is 315. The predicted octanol–water partition coefficient (Wildman–Crippen LogP) is 3.28. The number of hydrogen-bond acceptors (Lipinski definition) is 1. The van der Waals surface area contributed by atoms with Gasteiger partial charge in [0.2, 0.25) is 0 Å². The van der Waals surface area contributed by atoms with E-state index in [0.717, 1.165) is 5.92 Å². The molecule has 0 aromatic heterocycles. The van der Waals surface area contributed by atoms with E-state index in [0.29, 0.717) is 0 Å². The van der Waals surface area contributed by atoms with Crippen LogP contribution in [0.4, 0.5) is 0 Å². The molecule has 1 aliphatic rings. The lowest BCUT2D eigenvalue weighted by Crippen LogP contribution is -2.27. The molecule has 0 radical (unpaired) electrons. The second-order valence-electron chi connectivity index (χ2n) is 4.72. The Labute approximate surface area is 99.3 Å². The standard InChI is InChI=1S/C15H23N/c1-3-12-6-5-7-13(4-2)15(12)14-8-10-16-11-9-14/h5-7,14,16H,3-4,8-11H2,1-2H3. The molecule has 0 bridgehead atoms. The van der Waals surface area contributed by atoms with Crippen LogP contribution in [-0.2, 0) is 12.8 Å². The fourth-order valence-corrected chi connectivity index (χ4v) is 2.92. The molecule has 1 aliphatic heterocycles. The molecule has 88 valence electrons. The van der Waals surface area contributed by atoms with Crippen molar-refractivity contribution >= 4 is 0 Å². The van der Waals surface area contributed by atoms with E-state index in [9.17, 15) is 0 Å². The molecule has 0 unspecified atom stereocenters. The highest BCUT2D eigenvalue weighted by Crippen LogP contribution is 2.31. The highest BCUT2D eigenvalue weighted by atomic mass is 14.9. The van der Waals surface area contributed by atoms with Crippen LogP contribution in [0.25, 0.3) is 0 Å². The number of nitrogens with one attached hydrogen (secondary N) is 1. The molecule has 0 aliphatic carbocycles. The molecule has 0 spiro atoms. The maximum absolute atomic E-state index is 3.46. The lowest BCUT2D eigenvalue weighted by atomic mass is 9.82. The second-order valence-corrected chi connectivity index (χ2v) is 4.72. The molecule has 1 saturated heterocycles. The van der Waals surface area contributed by atoms with Crippen molar-refractivity contribution in [3.05, 3.63) is 34.9 Å². The van der Waals surface area contributed by atoms with Gasteiger partial charge in [-0.05, 0) is 61.4 Å². The molecule has 0 amide bonds. The summed E-state index contributed by atoms with van der Waals surface area (Å²) in [6.45, 7) is 6.93. The van der Waals surface area contributed by atoms with E-state index in [2.05, 4.69) is 37.4 Å². The molecule has 1 N–H and O–H groups in total. The van der Waals surface area contributed by atoms with Gasteiger partial charge in [0, 0.05) is 0 Å². The Hall–Kier alpha value is -0.820. The van der Waals surface area contributed by atoms with Crippen LogP contribution in [0.3, 0.4) is 0 Å². The summed E-state index contributed by atoms with van der Waals surface area (Å²) in [5, 5.41) is 3.46. The average molecular weight is 217 g/mol. The van der Waals surface area contributed by atoms with Crippen LogP contribution >= 0.6 is 0 Å². The van der Waals surface area contributed by atoms with Crippen LogP contribution in [-0.4, -0.2) is 13.1 Å². The van der Waals surface area contributed by atoms with Crippen LogP contribution in [0.1, 0.15) is 49.3 Å². The van der Waals surface area contributed by atoms with E-state index in [1.54, 1.807) is 16.7 Å². The van der Waals surface area contributed by atoms with E-state index in [1.165, 1.54) is 38.8 Å². The second kappa shape index (κ2) is 5.49. The zero-order chi connectivity index (χ0) is 11.4. The number of piperidine rings is 1. The molecule has 1 heteroatoms. The highest BCUT2D eigenvalue weighted by Gasteiger charge is 2.19. The molecule has 16 heavy (non-hydrogen) atoms. The monoisotopic (exact) mass is 217 g/mol. The van der Waals surface area contributed by atoms with Crippen molar-refractivity contribution in [2.45, 2.75) is 45.4 Å². The number of aryl methyl sites for hydroxylation is 2. The summed E-state index contributed by atoms with van der Waals surface area (Å²) in [5.41, 5.74) is 4.83. The van der Waals surface area contributed by atoms with Crippen molar-refractivity contribution in [2.75, 3.05) is 13.1 Å². The minimum atomic E-state index is 0.798. The fourth-order valence-electron chi connectivity index (χ4n) is 2.92.